The zero-order chi connectivity index (χ0) is 17.1. The first-order chi connectivity index (χ1) is 11.5. The van der Waals surface area contributed by atoms with E-state index >= 15 is 0 Å². The highest BCUT2D eigenvalue weighted by molar-refractivity contribution is 7.12. The lowest BCUT2D eigenvalue weighted by Crippen LogP contribution is -2.00. The zero-order valence-electron chi connectivity index (χ0n) is 12.8. The number of hydrogen-bond donors (Lipinski definition) is 2. The normalized spacial score (nSPS) is 10.1. The molecule has 0 fully saturated rings. The molecule has 120 valence electrons. The first kappa shape index (κ1) is 15.7. The number of carbonyl (C=O) groups is 1. The Morgan fingerprint density at radius 2 is 2.12 bits per heavy atom. The van der Waals surface area contributed by atoms with Gasteiger partial charge in [0.2, 0.25) is 5.69 Å². The van der Waals surface area contributed by atoms with Gasteiger partial charge in [0.1, 0.15) is 5.75 Å². The van der Waals surface area contributed by atoms with Gasteiger partial charge in [0.25, 0.3) is 5.88 Å². The molecule has 7 nitrogen and oxygen atoms in total. The van der Waals surface area contributed by atoms with Crippen LogP contribution in [-0.4, -0.2) is 31.5 Å². The minimum absolute atomic E-state index is 0.0949. The number of rotatable bonds is 3. The van der Waals surface area contributed by atoms with Gasteiger partial charge >= 0.3 is 5.97 Å². The van der Waals surface area contributed by atoms with Crippen molar-refractivity contribution in [1.29, 1.82) is 0 Å². The monoisotopic (exact) mass is 340 g/mol. The van der Waals surface area contributed by atoms with E-state index in [1.165, 1.54) is 11.3 Å². The van der Waals surface area contributed by atoms with Crippen molar-refractivity contribution in [3.8, 4) is 23.5 Å². The van der Waals surface area contributed by atoms with Crippen LogP contribution in [0.5, 0.6) is 11.6 Å². The molecular formula is C16H12N4O3S. The number of aromatic nitrogens is 4. The number of nitrogens with one attached hydrogen (secondary N) is 1. The van der Waals surface area contributed by atoms with E-state index in [0.717, 1.165) is 21.0 Å². The van der Waals surface area contributed by atoms with E-state index in [4.69, 9.17) is 9.84 Å². The average molecular weight is 340 g/mol. The Labute approximate surface area is 141 Å². The fourth-order valence-electron chi connectivity index (χ4n) is 1.96. The van der Waals surface area contributed by atoms with Gasteiger partial charge < -0.3 is 9.84 Å². The molecule has 0 amide bonds. The van der Waals surface area contributed by atoms with Gasteiger partial charge in [-0.15, -0.1) is 11.3 Å². The molecule has 1 aromatic carbocycles. The molecule has 2 N–H and O–H groups in total. The minimum atomic E-state index is -1.19. The van der Waals surface area contributed by atoms with Gasteiger partial charge in [-0.25, -0.2) is 14.9 Å². The minimum Gasteiger partial charge on any atom is -0.476 e. The third-order valence-corrected chi connectivity index (χ3v) is 3.76. The topological polar surface area (TPSA) is 101 Å². The largest absolute Gasteiger partial charge is 0.476 e. The molecule has 0 saturated heterocycles. The quantitative estimate of drug-likeness (QED) is 0.711. The van der Waals surface area contributed by atoms with Gasteiger partial charge in [0, 0.05) is 16.6 Å². The maximum Gasteiger partial charge on any atom is 0.359 e. The second-order valence-electron chi connectivity index (χ2n) is 4.96. The summed E-state index contributed by atoms with van der Waals surface area (Å²) >= 11 is 1.52. The van der Waals surface area contributed by atoms with Gasteiger partial charge in [-0.05, 0) is 43.5 Å². The van der Waals surface area contributed by atoms with Crippen LogP contribution in [0.25, 0.3) is 0 Å². The Bertz CT molecular complexity index is 965. The van der Waals surface area contributed by atoms with Crippen molar-refractivity contribution in [3.05, 3.63) is 51.1 Å². The molecule has 3 rings (SSSR count). The van der Waals surface area contributed by atoms with E-state index in [2.05, 4.69) is 32.2 Å². The summed E-state index contributed by atoms with van der Waals surface area (Å²) in [5.41, 5.74) is 1.45. The number of thiazole rings is 1. The van der Waals surface area contributed by atoms with Crippen molar-refractivity contribution in [2.45, 2.75) is 13.8 Å². The molecule has 2 aromatic heterocycles. The van der Waals surface area contributed by atoms with Gasteiger partial charge in [-0.3, -0.25) is 0 Å². The van der Waals surface area contributed by atoms with Crippen LogP contribution in [0.1, 0.15) is 31.5 Å². The number of H-pyrrole nitrogens is 1. The summed E-state index contributed by atoms with van der Waals surface area (Å²) in [4.78, 5) is 16.3. The molecular weight excluding hydrogens is 328 g/mol. The standard InChI is InChI=1S/C16H12N4O3S/c1-9-5-11(3-4-13-17-8-10(2)24-13)7-12(6-9)23-15-14(16(21)22)18-20-19-15/h5-8H,1-2H3,(H,21,22)(H,18,19,20). The number of benzene rings is 1. The van der Waals surface area contributed by atoms with E-state index in [9.17, 15) is 4.79 Å². The fourth-order valence-corrected chi connectivity index (χ4v) is 2.58. The van der Waals surface area contributed by atoms with E-state index in [1.807, 2.05) is 19.9 Å². The van der Waals surface area contributed by atoms with Crippen LogP contribution in [0, 0.1) is 25.7 Å². The highest BCUT2D eigenvalue weighted by Crippen LogP contribution is 2.24. The highest BCUT2D eigenvalue weighted by Gasteiger charge is 2.16. The lowest BCUT2D eigenvalue weighted by molar-refractivity contribution is 0.0687. The van der Waals surface area contributed by atoms with Gasteiger partial charge in [0.15, 0.2) is 5.01 Å². The molecule has 0 bridgehead atoms. The van der Waals surface area contributed by atoms with Crippen LogP contribution in [0.2, 0.25) is 0 Å². The lowest BCUT2D eigenvalue weighted by Gasteiger charge is -2.05. The number of ether oxygens (including phenoxy) is 1. The number of nitrogens with zero attached hydrogens (tertiary/aromatic N) is 3. The number of aromatic amines is 1. The number of carboxylic acid groups (broad SMARTS) is 1. The van der Waals surface area contributed by atoms with Crippen molar-refractivity contribution in [1.82, 2.24) is 20.4 Å². The maximum absolute atomic E-state index is 11.0. The van der Waals surface area contributed by atoms with E-state index in [-0.39, 0.29) is 11.6 Å². The molecule has 2 heterocycles. The number of aryl methyl sites for hydroxylation is 2. The van der Waals surface area contributed by atoms with Gasteiger partial charge in [-0.2, -0.15) is 0 Å². The second-order valence-corrected chi connectivity index (χ2v) is 6.19. The van der Waals surface area contributed by atoms with E-state index < -0.39 is 5.97 Å². The fraction of sp³-hybridized carbons (Fsp3) is 0.125. The summed E-state index contributed by atoms with van der Waals surface area (Å²) in [6.07, 6.45) is 1.78. The van der Waals surface area contributed by atoms with Crippen molar-refractivity contribution in [2.75, 3.05) is 0 Å². The molecule has 0 aliphatic rings. The summed E-state index contributed by atoms with van der Waals surface area (Å²) in [5, 5.41) is 19.1. The number of hydrogen-bond acceptors (Lipinski definition) is 6. The SMILES string of the molecule is Cc1cc(C#Cc2ncc(C)s2)cc(Oc2nn[nH]c2C(=O)O)c1. The third-order valence-electron chi connectivity index (χ3n) is 2.93. The van der Waals surface area contributed by atoms with Crippen molar-refractivity contribution < 1.29 is 14.6 Å². The first-order valence-corrected chi connectivity index (χ1v) is 7.71. The van der Waals surface area contributed by atoms with Crippen LogP contribution < -0.4 is 4.74 Å². The Morgan fingerprint density at radius 1 is 1.29 bits per heavy atom. The Balaban J connectivity index is 1.88. The molecule has 0 atom stereocenters. The summed E-state index contributed by atoms with van der Waals surface area (Å²) in [7, 11) is 0. The predicted octanol–water partition coefficient (Wildman–Crippen LogP) is 2.77. The Kier molecular flexibility index (Phi) is 4.26. The predicted molar refractivity (Wildman–Crippen MR) is 87.4 cm³/mol. The van der Waals surface area contributed by atoms with Crippen LogP contribution in [-0.2, 0) is 0 Å². The zero-order valence-corrected chi connectivity index (χ0v) is 13.6. The smallest absolute Gasteiger partial charge is 0.359 e. The average Bonchev–Trinajstić information content (AvgIpc) is 3.13. The molecule has 0 saturated carbocycles. The maximum atomic E-state index is 11.0. The second kappa shape index (κ2) is 6.52. The summed E-state index contributed by atoms with van der Waals surface area (Å²) < 4.78 is 5.52. The van der Waals surface area contributed by atoms with Crippen LogP contribution in [0.4, 0.5) is 0 Å². The summed E-state index contributed by atoms with van der Waals surface area (Å²) in [6.45, 7) is 3.87. The highest BCUT2D eigenvalue weighted by atomic mass is 32.1. The molecule has 0 radical (unpaired) electrons. The van der Waals surface area contributed by atoms with Crippen LogP contribution in [0.15, 0.2) is 24.4 Å². The van der Waals surface area contributed by atoms with Crippen LogP contribution >= 0.6 is 11.3 Å². The third kappa shape index (κ3) is 3.59. The molecule has 0 aliphatic heterocycles. The van der Waals surface area contributed by atoms with Gasteiger partial charge in [0.05, 0.1) is 0 Å². The molecule has 0 aliphatic carbocycles. The van der Waals surface area contributed by atoms with Crippen molar-refractivity contribution in [2.24, 2.45) is 0 Å². The number of carboxylic acids is 1. The molecule has 24 heavy (non-hydrogen) atoms. The molecule has 8 heteroatoms. The van der Waals surface area contributed by atoms with E-state index in [0.29, 0.717) is 5.75 Å². The lowest BCUT2D eigenvalue weighted by atomic mass is 10.1. The van der Waals surface area contributed by atoms with Crippen molar-refractivity contribution in [3.63, 3.8) is 0 Å². The van der Waals surface area contributed by atoms with Crippen molar-refractivity contribution >= 4 is 17.3 Å². The summed E-state index contributed by atoms with van der Waals surface area (Å²) in [5.74, 6) is 5.18. The summed E-state index contributed by atoms with van der Waals surface area (Å²) in [6, 6.07) is 5.38. The molecule has 3 aromatic rings. The molecule has 0 unspecified atom stereocenters. The molecule has 0 spiro atoms. The van der Waals surface area contributed by atoms with E-state index in [1.54, 1.807) is 18.3 Å². The van der Waals surface area contributed by atoms with Gasteiger partial charge in [-0.1, -0.05) is 16.2 Å². The first-order valence-electron chi connectivity index (χ1n) is 6.89. The number of aromatic carboxylic acids is 1. The Hall–Kier alpha value is -3.18. The Morgan fingerprint density at radius 3 is 2.83 bits per heavy atom. The van der Waals surface area contributed by atoms with Crippen LogP contribution in [0.3, 0.4) is 0 Å².